The van der Waals surface area contributed by atoms with Gasteiger partial charge < -0.3 is 4.90 Å². The van der Waals surface area contributed by atoms with Gasteiger partial charge in [0.15, 0.2) is 0 Å². The Bertz CT molecular complexity index is 3790. The van der Waals surface area contributed by atoms with Crippen molar-refractivity contribution in [3.8, 4) is 55.6 Å². The summed E-state index contributed by atoms with van der Waals surface area (Å²) in [5, 5.41) is 5.22. The molecular formula is C79H69N. The lowest BCUT2D eigenvalue weighted by Gasteiger charge is -2.26. The molecule has 0 spiro atoms. The molecule has 0 saturated heterocycles. The zero-order valence-electron chi connectivity index (χ0n) is 46.7. The zero-order valence-corrected chi connectivity index (χ0v) is 46.7. The van der Waals surface area contributed by atoms with E-state index in [0.29, 0.717) is 0 Å². The van der Waals surface area contributed by atoms with Crippen molar-refractivity contribution in [1.29, 1.82) is 0 Å². The summed E-state index contributed by atoms with van der Waals surface area (Å²) in [6.07, 6.45) is 6.50. The van der Waals surface area contributed by atoms with Gasteiger partial charge in [-0.15, -0.1) is 0 Å². The van der Waals surface area contributed by atoms with Gasteiger partial charge in [0.25, 0.3) is 0 Å². The molecular weight excluding hydrogens is 963 g/mol. The first-order valence-electron chi connectivity index (χ1n) is 29.0. The van der Waals surface area contributed by atoms with Gasteiger partial charge in [-0.1, -0.05) is 251 Å². The number of hydrogen-bond donors (Lipinski definition) is 0. The van der Waals surface area contributed by atoms with Crippen LogP contribution in [0.15, 0.2) is 267 Å². The van der Waals surface area contributed by atoms with E-state index in [4.69, 9.17) is 0 Å². The Morgan fingerprint density at radius 3 is 1.14 bits per heavy atom. The smallest absolute Gasteiger partial charge is 0.0464 e. The van der Waals surface area contributed by atoms with Gasteiger partial charge in [-0.05, 0) is 199 Å². The lowest BCUT2D eigenvalue weighted by Crippen LogP contribution is -2.10. The lowest BCUT2D eigenvalue weighted by molar-refractivity contribution is 0.792. The van der Waals surface area contributed by atoms with E-state index in [1.54, 1.807) is 0 Å². The molecule has 0 aliphatic heterocycles. The third-order valence-electron chi connectivity index (χ3n) is 16.3. The normalized spacial score (nSPS) is 11.8. The summed E-state index contributed by atoms with van der Waals surface area (Å²) in [5.41, 5.74) is 25.4. The topological polar surface area (TPSA) is 3.24 Å². The van der Waals surface area contributed by atoms with Crippen LogP contribution in [0.3, 0.4) is 0 Å². The largest absolute Gasteiger partial charge is 0.310 e. The molecule has 80 heavy (non-hydrogen) atoms. The van der Waals surface area contributed by atoms with Crippen molar-refractivity contribution in [2.45, 2.75) is 72.1 Å². The average Bonchev–Trinajstić information content (AvgIpc) is 3.63. The van der Waals surface area contributed by atoms with E-state index in [9.17, 15) is 0 Å². The van der Waals surface area contributed by atoms with Crippen molar-refractivity contribution in [2.24, 2.45) is 0 Å². The monoisotopic (exact) mass is 1030 g/mol. The molecule has 0 amide bonds. The fourth-order valence-electron chi connectivity index (χ4n) is 12.3. The maximum atomic E-state index is 2.56. The molecule has 1 atom stereocenters. The van der Waals surface area contributed by atoms with Crippen LogP contribution in [0.2, 0.25) is 0 Å². The molecule has 1 heteroatoms. The van der Waals surface area contributed by atoms with E-state index in [0.717, 1.165) is 55.6 Å². The third-order valence-corrected chi connectivity index (χ3v) is 16.3. The van der Waals surface area contributed by atoms with Gasteiger partial charge >= 0.3 is 0 Å². The number of hydrogen-bond acceptors (Lipinski definition) is 1. The molecule has 0 aliphatic carbocycles. The van der Waals surface area contributed by atoms with E-state index >= 15 is 0 Å². The maximum Gasteiger partial charge on any atom is 0.0464 e. The van der Waals surface area contributed by atoms with Crippen molar-refractivity contribution >= 4 is 38.6 Å². The van der Waals surface area contributed by atoms with Crippen molar-refractivity contribution in [3.05, 3.63) is 306 Å². The van der Waals surface area contributed by atoms with Crippen LogP contribution in [0.4, 0.5) is 17.1 Å². The molecule has 12 aromatic carbocycles. The number of unbranched alkanes of at least 4 members (excludes halogenated alkanes) is 2. The standard InChI is InChI=1S/C79H69N/c1-5-7-23-66-53-75(61-37-41-64(42-38-61)77(65-29-19-21-55(3)51-65)63-39-35-59(36-40-63)57-25-11-9-12-26-57)71-31-15-17-33-73(71)78(66)79-67(24-8-6-2)54-76(72-32-16-18-34-74(72)79)62-45-49-69(50-46-62)80(70-30-20-22-56(4)52-70)68-47-43-60(44-48-68)58-27-13-10-14-28-58/h9-22,25-54,77H,5-8,23-24H2,1-4H3. The van der Waals surface area contributed by atoms with E-state index in [1.165, 1.54) is 116 Å². The second-order valence-electron chi connectivity index (χ2n) is 21.8. The van der Waals surface area contributed by atoms with E-state index < -0.39 is 0 Å². The highest BCUT2D eigenvalue weighted by atomic mass is 15.1. The summed E-state index contributed by atoms with van der Waals surface area (Å²) >= 11 is 0. The first-order valence-corrected chi connectivity index (χ1v) is 29.0. The van der Waals surface area contributed by atoms with E-state index in [1.807, 2.05) is 0 Å². The second kappa shape index (κ2) is 23.5. The summed E-state index contributed by atoms with van der Waals surface area (Å²) in [6, 6.07) is 99.8. The molecule has 12 aromatic rings. The number of nitrogens with zero attached hydrogens (tertiary/aromatic N) is 1. The highest BCUT2D eigenvalue weighted by Crippen LogP contribution is 2.47. The fourth-order valence-corrected chi connectivity index (χ4v) is 12.3. The SMILES string of the molecule is CCCCc1cc(-c2ccc(C(c3ccc(-c4ccccc4)cc3)c3cccc(C)c3)cc2)c2ccccc2c1-c1c(CCCC)cc(-c2ccc(N(c3ccc(-c4ccccc4)cc3)c3cccc(C)c3)cc2)c2ccccc12. The van der Waals surface area contributed by atoms with Crippen LogP contribution >= 0.6 is 0 Å². The zero-order chi connectivity index (χ0) is 54.4. The molecule has 0 aromatic heterocycles. The molecule has 0 bridgehead atoms. The lowest BCUT2D eigenvalue weighted by atomic mass is 9.80. The Labute approximate surface area is 474 Å². The van der Waals surface area contributed by atoms with Gasteiger partial charge in [-0.2, -0.15) is 0 Å². The summed E-state index contributed by atoms with van der Waals surface area (Å²) in [5.74, 6) is 0.0977. The second-order valence-corrected chi connectivity index (χ2v) is 21.8. The fraction of sp³-hybridized carbons (Fsp3) is 0.139. The van der Waals surface area contributed by atoms with E-state index in [-0.39, 0.29) is 5.92 Å². The van der Waals surface area contributed by atoms with Crippen LogP contribution in [0.1, 0.15) is 84.4 Å². The van der Waals surface area contributed by atoms with Gasteiger partial charge in [0.05, 0.1) is 0 Å². The minimum atomic E-state index is 0.0977. The summed E-state index contributed by atoms with van der Waals surface area (Å²) in [7, 11) is 0. The first kappa shape index (κ1) is 51.7. The highest BCUT2D eigenvalue weighted by molar-refractivity contribution is 6.14. The van der Waals surface area contributed by atoms with Crippen LogP contribution < -0.4 is 4.90 Å². The molecule has 0 N–H and O–H groups in total. The Morgan fingerprint density at radius 1 is 0.300 bits per heavy atom. The van der Waals surface area contributed by atoms with Gasteiger partial charge in [0, 0.05) is 23.0 Å². The Hall–Kier alpha value is -9.04. The Morgan fingerprint density at radius 2 is 0.688 bits per heavy atom. The van der Waals surface area contributed by atoms with Crippen LogP contribution in [-0.4, -0.2) is 0 Å². The van der Waals surface area contributed by atoms with Crippen molar-refractivity contribution in [3.63, 3.8) is 0 Å². The summed E-state index contributed by atoms with van der Waals surface area (Å²) in [4.78, 5) is 2.38. The predicted molar refractivity (Wildman–Crippen MR) is 344 cm³/mol. The number of fused-ring (bicyclic) bond motifs is 2. The molecule has 12 rings (SSSR count). The molecule has 0 radical (unpaired) electrons. The number of anilines is 3. The van der Waals surface area contributed by atoms with Crippen LogP contribution in [0, 0.1) is 13.8 Å². The Balaban J connectivity index is 0.951. The highest BCUT2D eigenvalue weighted by Gasteiger charge is 2.24. The molecule has 0 aliphatic rings. The number of benzene rings is 12. The summed E-state index contributed by atoms with van der Waals surface area (Å²) in [6.45, 7) is 9.02. The van der Waals surface area contributed by atoms with Crippen LogP contribution in [0.5, 0.6) is 0 Å². The quantitative estimate of drug-likeness (QED) is 0.0822. The van der Waals surface area contributed by atoms with Crippen LogP contribution in [0.25, 0.3) is 77.2 Å². The average molecular weight is 1030 g/mol. The molecule has 0 saturated carbocycles. The minimum absolute atomic E-state index is 0.0977. The van der Waals surface area contributed by atoms with Crippen molar-refractivity contribution in [2.75, 3.05) is 4.90 Å². The van der Waals surface area contributed by atoms with Crippen molar-refractivity contribution in [1.82, 2.24) is 0 Å². The van der Waals surface area contributed by atoms with E-state index in [2.05, 4.69) is 300 Å². The number of aryl methyl sites for hydroxylation is 4. The molecule has 1 unspecified atom stereocenters. The molecule has 390 valence electrons. The Kier molecular flexibility index (Phi) is 15.2. The first-order chi connectivity index (χ1) is 39.4. The van der Waals surface area contributed by atoms with Gasteiger partial charge in [-0.3, -0.25) is 0 Å². The molecule has 0 heterocycles. The van der Waals surface area contributed by atoms with Crippen LogP contribution in [-0.2, 0) is 12.8 Å². The van der Waals surface area contributed by atoms with Crippen molar-refractivity contribution < 1.29 is 0 Å². The number of rotatable bonds is 17. The van der Waals surface area contributed by atoms with Gasteiger partial charge in [0.2, 0.25) is 0 Å². The summed E-state index contributed by atoms with van der Waals surface area (Å²) < 4.78 is 0. The molecule has 1 nitrogen and oxygen atoms in total. The predicted octanol–water partition coefficient (Wildman–Crippen LogP) is 22.3. The van der Waals surface area contributed by atoms with Gasteiger partial charge in [-0.25, -0.2) is 0 Å². The van der Waals surface area contributed by atoms with Gasteiger partial charge in [0.1, 0.15) is 0 Å². The molecule has 0 fully saturated rings. The minimum Gasteiger partial charge on any atom is -0.310 e. The maximum absolute atomic E-state index is 2.56. The third kappa shape index (κ3) is 10.6.